The number of halogens is 1. The van der Waals surface area contributed by atoms with Crippen LogP contribution in [0.5, 0.6) is 5.75 Å². The number of nitro groups is 1. The number of benzene rings is 2. The maximum Gasteiger partial charge on any atom is 0.288 e. The predicted molar refractivity (Wildman–Crippen MR) is 99.0 cm³/mol. The van der Waals surface area contributed by atoms with E-state index in [1.807, 2.05) is 38.4 Å². The van der Waals surface area contributed by atoms with Crippen molar-refractivity contribution in [2.24, 2.45) is 0 Å². The van der Waals surface area contributed by atoms with Gasteiger partial charge in [-0.1, -0.05) is 23.7 Å². The van der Waals surface area contributed by atoms with Crippen molar-refractivity contribution < 1.29 is 19.4 Å². The van der Waals surface area contributed by atoms with Gasteiger partial charge in [-0.15, -0.1) is 0 Å². The van der Waals surface area contributed by atoms with Gasteiger partial charge in [-0.05, 0) is 24.3 Å². The molecule has 0 fully saturated rings. The minimum atomic E-state index is -0.609. The van der Waals surface area contributed by atoms with Crippen molar-refractivity contribution in [2.75, 3.05) is 27.7 Å². The lowest BCUT2D eigenvalue weighted by Crippen LogP contribution is -3.07. The lowest BCUT2D eigenvalue weighted by Gasteiger charge is -2.22. The van der Waals surface area contributed by atoms with Crippen LogP contribution in [0, 0.1) is 10.1 Å². The number of nitro benzene ring substituents is 1. The Kier molecular flexibility index (Phi) is 6.54. The topological polar surface area (TPSA) is 85.9 Å². The third-order valence-corrected chi connectivity index (χ3v) is 4.38. The zero-order valence-corrected chi connectivity index (χ0v) is 15.5. The molecule has 0 bridgehead atoms. The molecule has 0 heterocycles. The minimum Gasteiger partial charge on any atom is -0.497 e. The van der Waals surface area contributed by atoms with E-state index >= 15 is 0 Å². The molecule has 1 amide bonds. The number of carbonyl (C=O) groups is 1. The van der Waals surface area contributed by atoms with Crippen molar-refractivity contribution in [1.29, 1.82) is 0 Å². The first kappa shape index (κ1) is 19.7. The van der Waals surface area contributed by atoms with Crippen LogP contribution in [0.15, 0.2) is 42.5 Å². The molecular formula is C18H21ClN3O4+. The average molecular weight is 379 g/mol. The average Bonchev–Trinajstić information content (AvgIpc) is 2.61. The molecular weight excluding hydrogens is 358 g/mol. The summed E-state index contributed by atoms with van der Waals surface area (Å²) in [4.78, 5) is 23.9. The number of ether oxygens (including phenoxy) is 1. The fraction of sp³-hybridized carbons (Fsp3) is 0.278. The normalized spacial score (nSPS) is 11.9. The summed E-state index contributed by atoms with van der Waals surface area (Å²) in [7, 11) is 5.58. The summed E-state index contributed by atoms with van der Waals surface area (Å²) in [6.07, 6.45) is 0. The summed E-state index contributed by atoms with van der Waals surface area (Å²) < 4.78 is 5.25. The van der Waals surface area contributed by atoms with E-state index in [4.69, 9.17) is 16.3 Å². The maximum atomic E-state index is 12.4. The Balaban J connectivity index is 2.15. The van der Waals surface area contributed by atoms with Crippen molar-refractivity contribution >= 4 is 23.2 Å². The molecule has 2 N–H and O–H groups in total. The molecule has 0 aromatic heterocycles. The van der Waals surface area contributed by atoms with E-state index in [1.165, 1.54) is 18.2 Å². The molecule has 7 nitrogen and oxygen atoms in total. The molecule has 2 aromatic carbocycles. The quantitative estimate of drug-likeness (QED) is 0.569. The molecule has 0 saturated carbocycles. The summed E-state index contributed by atoms with van der Waals surface area (Å²) in [6, 6.07) is 11.7. The Morgan fingerprint density at radius 1 is 1.31 bits per heavy atom. The highest BCUT2D eigenvalue weighted by atomic mass is 35.5. The Morgan fingerprint density at radius 3 is 2.65 bits per heavy atom. The molecule has 8 heteroatoms. The standard InChI is InChI=1S/C18H20ClN3O4/c1-21(2)17(12-5-4-6-14(9-12)26-3)11-20-18(23)13-7-8-15(19)16(10-13)22(24)25/h4-10,17H,11H2,1-3H3,(H,20,23)/p+1/t17-/m1/s1. The minimum absolute atomic E-state index is 0.00135. The molecule has 0 aliphatic heterocycles. The summed E-state index contributed by atoms with van der Waals surface area (Å²) >= 11 is 5.79. The van der Waals surface area contributed by atoms with Gasteiger partial charge in [0, 0.05) is 17.2 Å². The lowest BCUT2D eigenvalue weighted by atomic mass is 10.1. The zero-order chi connectivity index (χ0) is 19.3. The van der Waals surface area contributed by atoms with Crippen LogP contribution < -0.4 is 15.0 Å². The third kappa shape index (κ3) is 4.71. The molecule has 2 aromatic rings. The number of rotatable bonds is 7. The van der Waals surface area contributed by atoms with Crippen LogP contribution in [0.4, 0.5) is 5.69 Å². The Labute approximate surface area is 156 Å². The maximum absolute atomic E-state index is 12.4. The molecule has 0 spiro atoms. The smallest absolute Gasteiger partial charge is 0.288 e. The molecule has 0 aliphatic rings. The summed E-state index contributed by atoms with van der Waals surface area (Å²) in [5.74, 6) is 0.354. The molecule has 0 unspecified atom stereocenters. The highest BCUT2D eigenvalue weighted by Gasteiger charge is 2.21. The number of carbonyl (C=O) groups excluding carboxylic acids is 1. The van der Waals surface area contributed by atoms with Gasteiger partial charge in [-0.25, -0.2) is 0 Å². The van der Waals surface area contributed by atoms with Crippen molar-refractivity contribution in [3.05, 3.63) is 68.7 Å². The predicted octanol–water partition coefficient (Wildman–Crippen LogP) is 1.87. The molecule has 2 rings (SSSR count). The highest BCUT2D eigenvalue weighted by Crippen LogP contribution is 2.25. The number of quaternary nitrogens is 1. The molecule has 1 atom stereocenters. The Morgan fingerprint density at radius 2 is 2.04 bits per heavy atom. The van der Waals surface area contributed by atoms with Crippen LogP contribution in [0.2, 0.25) is 5.02 Å². The van der Waals surface area contributed by atoms with E-state index in [0.717, 1.165) is 16.2 Å². The Bertz CT molecular complexity index is 811. The molecule has 26 heavy (non-hydrogen) atoms. The summed E-state index contributed by atoms with van der Waals surface area (Å²) in [5, 5.41) is 13.8. The second-order valence-electron chi connectivity index (χ2n) is 6.04. The van der Waals surface area contributed by atoms with Crippen molar-refractivity contribution in [3.63, 3.8) is 0 Å². The molecule has 138 valence electrons. The molecule has 0 aliphatic carbocycles. The van der Waals surface area contributed by atoms with Crippen LogP contribution in [0.1, 0.15) is 22.0 Å². The van der Waals surface area contributed by atoms with Crippen LogP contribution in [-0.4, -0.2) is 38.6 Å². The van der Waals surface area contributed by atoms with Gasteiger partial charge in [0.25, 0.3) is 11.6 Å². The first-order valence-electron chi connectivity index (χ1n) is 7.99. The van der Waals surface area contributed by atoms with Crippen LogP contribution in [-0.2, 0) is 0 Å². The first-order chi connectivity index (χ1) is 12.3. The number of hydrogen-bond acceptors (Lipinski definition) is 4. The van der Waals surface area contributed by atoms with Crippen LogP contribution in [0.25, 0.3) is 0 Å². The lowest BCUT2D eigenvalue weighted by molar-refractivity contribution is -0.890. The largest absolute Gasteiger partial charge is 0.497 e. The van der Waals surface area contributed by atoms with E-state index < -0.39 is 4.92 Å². The number of hydrogen-bond donors (Lipinski definition) is 2. The molecule has 0 saturated heterocycles. The zero-order valence-electron chi connectivity index (χ0n) is 14.8. The second-order valence-corrected chi connectivity index (χ2v) is 6.45. The fourth-order valence-electron chi connectivity index (χ4n) is 2.60. The van der Waals surface area contributed by atoms with Crippen molar-refractivity contribution in [3.8, 4) is 5.75 Å². The third-order valence-electron chi connectivity index (χ3n) is 4.06. The summed E-state index contributed by atoms with van der Waals surface area (Å²) in [6.45, 7) is 0.366. The van der Waals surface area contributed by atoms with Crippen LogP contribution in [0.3, 0.4) is 0 Å². The van der Waals surface area contributed by atoms with Gasteiger partial charge in [0.1, 0.15) is 16.8 Å². The SMILES string of the molecule is COc1cccc([C@@H](CNC(=O)c2ccc(Cl)c([N+](=O)[O-])c2)[NH+](C)C)c1. The fourth-order valence-corrected chi connectivity index (χ4v) is 2.79. The number of nitrogens with one attached hydrogen (secondary N) is 2. The van der Waals surface area contributed by atoms with Gasteiger partial charge in [0.05, 0.1) is 32.7 Å². The number of nitrogens with zero attached hydrogens (tertiary/aromatic N) is 1. The van der Waals surface area contributed by atoms with Gasteiger partial charge < -0.3 is 15.0 Å². The Hall–Kier alpha value is -2.64. The van der Waals surface area contributed by atoms with Gasteiger partial charge in [0.2, 0.25) is 0 Å². The van der Waals surface area contributed by atoms with Gasteiger partial charge in [-0.3, -0.25) is 14.9 Å². The highest BCUT2D eigenvalue weighted by molar-refractivity contribution is 6.32. The first-order valence-corrected chi connectivity index (χ1v) is 8.37. The van der Waals surface area contributed by atoms with Crippen LogP contribution >= 0.6 is 11.6 Å². The monoisotopic (exact) mass is 378 g/mol. The number of amides is 1. The van der Waals surface area contributed by atoms with E-state index in [0.29, 0.717) is 6.54 Å². The van der Waals surface area contributed by atoms with Gasteiger partial charge in [0.15, 0.2) is 0 Å². The molecule has 0 radical (unpaired) electrons. The van der Waals surface area contributed by atoms with Crippen molar-refractivity contribution in [2.45, 2.75) is 6.04 Å². The van der Waals surface area contributed by atoms with Gasteiger partial charge >= 0.3 is 0 Å². The summed E-state index contributed by atoms with van der Waals surface area (Å²) in [5.41, 5.74) is 0.924. The van der Waals surface area contributed by atoms with E-state index in [1.54, 1.807) is 7.11 Å². The van der Waals surface area contributed by atoms with E-state index in [2.05, 4.69) is 5.32 Å². The number of likely N-dealkylation sites (N-methyl/N-ethyl adjacent to an activating group) is 1. The van der Waals surface area contributed by atoms with E-state index in [-0.39, 0.29) is 28.2 Å². The van der Waals surface area contributed by atoms with Crippen molar-refractivity contribution in [1.82, 2.24) is 5.32 Å². The second kappa shape index (κ2) is 8.64. The van der Waals surface area contributed by atoms with E-state index in [9.17, 15) is 14.9 Å². The number of methoxy groups -OCH3 is 1. The van der Waals surface area contributed by atoms with Gasteiger partial charge in [-0.2, -0.15) is 0 Å².